The van der Waals surface area contributed by atoms with Crippen LogP contribution in [0.1, 0.15) is 12.0 Å². The van der Waals surface area contributed by atoms with E-state index in [2.05, 4.69) is 4.72 Å². The molecule has 0 aliphatic carbocycles. The Labute approximate surface area is 107 Å². The van der Waals surface area contributed by atoms with Crippen molar-refractivity contribution in [3.05, 3.63) is 29.8 Å². The third-order valence-electron chi connectivity index (χ3n) is 2.92. The molecule has 0 aromatic heterocycles. The molecule has 1 aromatic rings. The van der Waals surface area contributed by atoms with Crippen molar-refractivity contribution in [1.29, 1.82) is 0 Å². The third-order valence-corrected chi connectivity index (χ3v) is 4.45. The summed E-state index contributed by atoms with van der Waals surface area (Å²) in [7, 11) is -3.44. The van der Waals surface area contributed by atoms with Gasteiger partial charge in [0.2, 0.25) is 10.0 Å². The van der Waals surface area contributed by atoms with Gasteiger partial charge < -0.3 is 10.5 Å². The predicted molar refractivity (Wildman–Crippen MR) is 68.7 cm³/mol. The first-order valence-corrected chi connectivity index (χ1v) is 7.49. The van der Waals surface area contributed by atoms with Gasteiger partial charge in [0.1, 0.15) is 0 Å². The van der Waals surface area contributed by atoms with E-state index in [1.165, 1.54) is 0 Å². The van der Waals surface area contributed by atoms with Gasteiger partial charge in [-0.05, 0) is 37.1 Å². The van der Waals surface area contributed by atoms with Crippen LogP contribution in [0, 0.1) is 0 Å². The molecular weight excluding hydrogens is 252 g/mol. The van der Waals surface area contributed by atoms with Gasteiger partial charge in [-0.1, -0.05) is 12.1 Å². The van der Waals surface area contributed by atoms with Crippen LogP contribution in [0.25, 0.3) is 0 Å². The smallest absolute Gasteiger partial charge is 0.240 e. The van der Waals surface area contributed by atoms with Gasteiger partial charge in [0.25, 0.3) is 0 Å². The molecule has 1 aliphatic heterocycles. The minimum atomic E-state index is -3.44. The van der Waals surface area contributed by atoms with E-state index in [4.69, 9.17) is 10.5 Å². The van der Waals surface area contributed by atoms with Crippen molar-refractivity contribution in [2.45, 2.75) is 23.8 Å². The van der Waals surface area contributed by atoms with Gasteiger partial charge in [0.15, 0.2) is 0 Å². The Kier molecular flexibility index (Phi) is 4.34. The van der Waals surface area contributed by atoms with Crippen LogP contribution < -0.4 is 10.5 Å². The average molecular weight is 270 g/mol. The summed E-state index contributed by atoms with van der Waals surface area (Å²) in [6.07, 6.45) is 1.48. The highest BCUT2D eigenvalue weighted by molar-refractivity contribution is 7.89. The number of nitrogens with one attached hydrogen (secondary N) is 1. The molecule has 0 spiro atoms. The second-order valence-corrected chi connectivity index (χ2v) is 6.08. The highest BCUT2D eigenvalue weighted by Gasteiger charge is 2.23. The zero-order valence-corrected chi connectivity index (χ0v) is 10.9. The van der Waals surface area contributed by atoms with E-state index in [0.29, 0.717) is 19.8 Å². The largest absolute Gasteiger partial charge is 0.380 e. The monoisotopic (exact) mass is 270 g/mol. The fraction of sp³-hybridized carbons (Fsp3) is 0.500. The molecule has 6 heteroatoms. The molecule has 1 fully saturated rings. The molecule has 0 saturated carbocycles. The molecule has 1 aromatic carbocycles. The van der Waals surface area contributed by atoms with Crippen LogP contribution in [0.4, 0.5) is 0 Å². The second-order valence-electron chi connectivity index (χ2n) is 4.36. The van der Waals surface area contributed by atoms with E-state index in [0.717, 1.165) is 18.4 Å². The van der Waals surface area contributed by atoms with Crippen molar-refractivity contribution in [2.75, 3.05) is 19.8 Å². The third kappa shape index (κ3) is 3.29. The van der Waals surface area contributed by atoms with Gasteiger partial charge >= 0.3 is 0 Å². The molecule has 1 aliphatic rings. The van der Waals surface area contributed by atoms with Crippen LogP contribution in [-0.4, -0.2) is 34.2 Å². The summed E-state index contributed by atoms with van der Waals surface area (Å²) in [5.41, 5.74) is 6.49. The number of hydrogen-bond acceptors (Lipinski definition) is 4. The molecule has 1 unspecified atom stereocenters. The fourth-order valence-corrected chi connectivity index (χ4v) is 3.17. The Morgan fingerprint density at radius 2 is 2.06 bits per heavy atom. The molecular formula is C12H18N2O3S. The average Bonchev–Trinajstić information content (AvgIpc) is 2.82. The summed E-state index contributed by atoms with van der Waals surface area (Å²) in [6.45, 7) is 1.62. The minimum absolute atomic E-state index is 0.112. The molecule has 0 amide bonds. The van der Waals surface area contributed by atoms with Crippen LogP contribution in [0.2, 0.25) is 0 Å². The lowest BCUT2D eigenvalue weighted by Gasteiger charge is -2.11. The van der Waals surface area contributed by atoms with Gasteiger partial charge in [-0.2, -0.15) is 0 Å². The first-order chi connectivity index (χ1) is 8.62. The fourth-order valence-electron chi connectivity index (χ4n) is 1.92. The molecule has 18 heavy (non-hydrogen) atoms. The maximum absolute atomic E-state index is 12.1. The quantitative estimate of drug-likeness (QED) is 0.804. The van der Waals surface area contributed by atoms with Crippen molar-refractivity contribution >= 4 is 10.0 Å². The predicted octanol–water partition coefficient (Wildman–Crippen LogP) is 0.255. The lowest BCUT2D eigenvalue weighted by Crippen LogP contribution is -2.34. The van der Waals surface area contributed by atoms with Gasteiger partial charge in [0.05, 0.1) is 11.5 Å². The second kappa shape index (κ2) is 5.79. The first-order valence-electron chi connectivity index (χ1n) is 6.01. The topological polar surface area (TPSA) is 81.4 Å². The van der Waals surface area contributed by atoms with Crippen LogP contribution in [0.3, 0.4) is 0 Å². The Balaban J connectivity index is 2.08. The number of ether oxygens (including phenoxy) is 1. The Morgan fingerprint density at radius 3 is 2.61 bits per heavy atom. The van der Waals surface area contributed by atoms with E-state index >= 15 is 0 Å². The van der Waals surface area contributed by atoms with Crippen LogP contribution in [0.5, 0.6) is 0 Å². The van der Waals surface area contributed by atoms with Gasteiger partial charge in [-0.15, -0.1) is 0 Å². The lowest BCUT2D eigenvalue weighted by molar-refractivity contribution is 0.192. The molecule has 2 rings (SSSR count). The SMILES string of the molecule is NCCc1ccc(S(=O)(=O)NC2CCOC2)cc1. The Bertz CT molecular complexity index is 479. The van der Waals surface area contributed by atoms with E-state index in [1.807, 2.05) is 0 Å². The molecule has 5 nitrogen and oxygen atoms in total. The first kappa shape index (κ1) is 13.5. The lowest BCUT2D eigenvalue weighted by atomic mass is 10.2. The summed E-state index contributed by atoms with van der Waals surface area (Å²) >= 11 is 0. The molecule has 1 atom stereocenters. The molecule has 1 saturated heterocycles. The van der Waals surface area contributed by atoms with Crippen molar-refractivity contribution in [3.8, 4) is 0 Å². The van der Waals surface area contributed by atoms with Crippen LogP contribution in [0.15, 0.2) is 29.2 Å². The summed E-state index contributed by atoms with van der Waals surface area (Å²) in [4.78, 5) is 0.287. The number of benzene rings is 1. The van der Waals surface area contributed by atoms with Gasteiger partial charge in [-0.25, -0.2) is 13.1 Å². The summed E-state index contributed by atoms with van der Waals surface area (Å²) < 4.78 is 31.9. The van der Waals surface area contributed by atoms with Crippen LogP contribution in [-0.2, 0) is 21.2 Å². The maximum atomic E-state index is 12.1. The number of sulfonamides is 1. The molecule has 1 heterocycles. The van der Waals surface area contributed by atoms with E-state index < -0.39 is 10.0 Å². The number of rotatable bonds is 5. The molecule has 0 radical (unpaired) electrons. The van der Waals surface area contributed by atoms with E-state index in [9.17, 15) is 8.42 Å². The Hall–Kier alpha value is -0.950. The molecule has 100 valence electrons. The van der Waals surface area contributed by atoms with Crippen molar-refractivity contribution < 1.29 is 13.2 Å². The highest BCUT2D eigenvalue weighted by atomic mass is 32.2. The van der Waals surface area contributed by atoms with E-state index in [-0.39, 0.29) is 10.9 Å². The Morgan fingerprint density at radius 1 is 1.33 bits per heavy atom. The van der Waals surface area contributed by atoms with Crippen molar-refractivity contribution in [2.24, 2.45) is 5.73 Å². The highest BCUT2D eigenvalue weighted by Crippen LogP contribution is 2.13. The normalized spacial score (nSPS) is 20.2. The standard InChI is InChI=1S/C12H18N2O3S/c13-7-5-10-1-3-12(4-2-10)18(15,16)14-11-6-8-17-9-11/h1-4,11,14H,5-9,13H2. The van der Waals surface area contributed by atoms with E-state index in [1.54, 1.807) is 24.3 Å². The van der Waals surface area contributed by atoms with Crippen LogP contribution >= 0.6 is 0 Å². The number of hydrogen-bond donors (Lipinski definition) is 2. The molecule has 0 bridgehead atoms. The summed E-state index contributed by atoms with van der Waals surface area (Å²) in [6, 6.07) is 6.71. The zero-order valence-electron chi connectivity index (χ0n) is 10.1. The summed E-state index contributed by atoms with van der Waals surface area (Å²) in [5.74, 6) is 0. The summed E-state index contributed by atoms with van der Waals surface area (Å²) in [5, 5.41) is 0. The number of nitrogens with two attached hydrogens (primary N) is 1. The van der Waals surface area contributed by atoms with Gasteiger partial charge in [-0.3, -0.25) is 0 Å². The van der Waals surface area contributed by atoms with Crippen molar-refractivity contribution in [3.63, 3.8) is 0 Å². The maximum Gasteiger partial charge on any atom is 0.240 e. The molecule has 3 N–H and O–H groups in total. The zero-order chi connectivity index (χ0) is 13.0. The minimum Gasteiger partial charge on any atom is -0.380 e. The van der Waals surface area contributed by atoms with Crippen molar-refractivity contribution in [1.82, 2.24) is 4.72 Å². The van der Waals surface area contributed by atoms with Gasteiger partial charge in [0, 0.05) is 12.6 Å².